The van der Waals surface area contributed by atoms with Gasteiger partial charge in [0, 0.05) is 17.7 Å². The number of nitrogens with zero attached hydrogens (tertiary/aromatic N) is 1. The summed E-state index contributed by atoms with van der Waals surface area (Å²) in [5, 5.41) is 0. The highest BCUT2D eigenvalue weighted by atomic mass is 16.5. The molecule has 0 radical (unpaired) electrons. The SMILES string of the molecule is COc1cc(OC)c(C(=O)N2CC[NH+](Cc3cccc(C)c3)CC2)cc1OC. The first-order chi connectivity index (χ1) is 13.5. The van der Waals surface area contributed by atoms with Crippen molar-refractivity contribution in [1.29, 1.82) is 0 Å². The summed E-state index contributed by atoms with van der Waals surface area (Å²) in [6, 6.07) is 12.0. The molecule has 1 heterocycles. The van der Waals surface area contributed by atoms with Crippen LogP contribution in [0.5, 0.6) is 17.2 Å². The molecule has 1 saturated heterocycles. The zero-order chi connectivity index (χ0) is 20.1. The monoisotopic (exact) mass is 385 g/mol. The molecule has 2 aromatic rings. The number of hydrogen-bond acceptors (Lipinski definition) is 4. The van der Waals surface area contributed by atoms with Gasteiger partial charge in [0.15, 0.2) is 11.5 Å². The van der Waals surface area contributed by atoms with Crippen molar-refractivity contribution in [3.05, 3.63) is 53.1 Å². The number of aryl methyl sites for hydroxylation is 1. The molecule has 2 aromatic carbocycles. The van der Waals surface area contributed by atoms with Crippen LogP contribution in [0.1, 0.15) is 21.5 Å². The molecule has 28 heavy (non-hydrogen) atoms. The van der Waals surface area contributed by atoms with Crippen molar-refractivity contribution < 1.29 is 23.9 Å². The van der Waals surface area contributed by atoms with Gasteiger partial charge in [-0.3, -0.25) is 4.79 Å². The number of quaternary nitrogens is 1. The van der Waals surface area contributed by atoms with Crippen LogP contribution in [0, 0.1) is 6.92 Å². The van der Waals surface area contributed by atoms with E-state index in [1.807, 2.05) is 4.90 Å². The molecular weight excluding hydrogens is 356 g/mol. The number of ether oxygens (including phenoxy) is 3. The van der Waals surface area contributed by atoms with E-state index in [0.29, 0.717) is 22.8 Å². The number of piperazine rings is 1. The Kier molecular flexibility index (Phi) is 6.41. The van der Waals surface area contributed by atoms with Crippen molar-refractivity contribution in [3.8, 4) is 17.2 Å². The summed E-state index contributed by atoms with van der Waals surface area (Å²) in [5.74, 6) is 1.53. The van der Waals surface area contributed by atoms with Gasteiger partial charge in [-0.15, -0.1) is 0 Å². The Balaban J connectivity index is 1.68. The van der Waals surface area contributed by atoms with Gasteiger partial charge in [-0.25, -0.2) is 0 Å². The van der Waals surface area contributed by atoms with E-state index in [9.17, 15) is 4.79 Å². The van der Waals surface area contributed by atoms with E-state index in [2.05, 4.69) is 31.2 Å². The van der Waals surface area contributed by atoms with Gasteiger partial charge < -0.3 is 24.0 Å². The largest absolute Gasteiger partial charge is 0.496 e. The Hall–Kier alpha value is -2.73. The summed E-state index contributed by atoms with van der Waals surface area (Å²) in [6.45, 7) is 6.40. The minimum Gasteiger partial charge on any atom is -0.496 e. The number of amides is 1. The first-order valence-electron chi connectivity index (χ1n) is 9.54. The molecular formula is C22H29N2O4+. The summed E-state index contributed by atoms with van der Waals surface area (Å²) in [7, 11) is 4.68. The second-order valence-corrected chi connectivity index (χ2v) is 7.12. The van der Waals surface area contributed by atoms with Crippen LogP contribution in [0.4, 0.5) is 0 Å². The number of nitrogens with one attached hydrogen (secondary N) is 1. The molecule has 0 aromatic heterocycles. The summed E-state index contributed by atoms with van der Waals surface area (Å²) in [5.41, 5.74) is 3.13. The molecule has 1 aliphatic heterocycles. The highest BCUT2D eigenvalue weighted by Gasteiger charge is 2.27. The number of carbonyl (C=O) groups is 1. The van der Waals surface area contributed by atoms with Gasteiger partial charge >= 0.3 is 0 Å². The molecule has 0 saturated carbocycles. The lowest BCUT2D eigenvalue weighted by atomic mass is 10.1. The maximum absolute atomic E-state index is 13.1. The lowest BCUT2D eigenvalue weighted by molar-refractivity contribution is -0.917. The fraction of sp³-hybridized carbons (Fsp3) is 0.409. The lowest BCUT2D eigenvalue weighted by Gasteiger charge is -2.32. The fourth-order valence-corrected chi connectivity index (χ4v) is 3.68. The summed E-state index contributed by atoms with van der Waals surface area (Å²) in [6.07, 6.45) is 0. The van der Waals surface area contributed by atoms with Gasteiger partial charge in [-0.2, -0.15) is 0 Å². The molecule has 150 valence electrons. The average Bonchev–Trinajstić information content (AvgIpc) is 2.72. The molecule has 0 bridgehead atoms. The summed E-state index contributed by atoms with van der Waals surface area (Å²) < 4.78 is 16.1. The third kappa shape index (κ3) is 4.39. The van der Waals surface area contributed by atoms with Crippen molar-refractivity contribution in [2.24, 2.45) is 0 Å². The second-order valence-electron chi connectivity index (χ2n) is 7.12. The number of benzene rings is 2. The van der Waals surface area contributed by atoms with E-state index >= 15 is 0 Å². The van der Waals surface area contributed by atoms with Crippen LogP contribution < -0.4 is 19.1 Å². The molecule has 1 fully saturated rings. The van der Waals surface area contributed by atoms with E-state index in [1.54, 1.807) is 33.5 Å². The van der Waals surface area contributed by atoms with Crippen LogP contribution in [0.2, 0.25) is 0 Å². The van der Waals surface area contributed by atoms with E-state index in [-0.39, 0.29) is 5.91 Å². The van der Waals surface area contributed by atoms with Crippen molar-refractivity contribution in [1.82, 2.24) is 4.90 Å². The van der Waals surface area contributed by atoms with Gasteiger partial charge in [0.25, 0.3) is 5.91 Å². The molecule has 6 heteroatoms. The van der Waals surface area contributed by atoms with Crippen molar-refractivity contribution >= 4 is 5.91 Å². The number of carbonyl (C=O) groups excluding carboxylic acids is 1. The minimum absolute atomic E-state index is 0.0348. The Labute approximate surface area is 166 Å². The Morgan fingerprint density at radius 2 is 1.61 bits per heavy atom. The second kappa shape index (κ2) is 8.97. The van der Waals surface area contributed by atoms with Gasteiger partial charge in [0.05, 0.1) is 53.1 Å². The number of rotatable bonds is 6. The van der Waals surface area contributed by atoms with Gasteiger partial charge in [0.1, 0.15) is 12.3 Å². The van der Waals surface area contributed by atoms with Crippen LogP contribution >= 0.6 is 0 Å². The van der Waals surface area contributed by atoms with Crippen LogP contribution in [-0.2, 0) is 6.54 Å². The first kappa shape index (κ1) is 20.0. The molecule has 1 N–H and O–H groups in total. The number of methoxy groups -OCH3 is 3. The first-order valence-corrected chi connectivity index (χ1v) is 9.54. The smallest absolute Gasteiger partial charge is 0.258 e. The third-order valence-corrected chi connectivity index (χ3v) is 5.23. The zero-order valence-corrected chi connectivity index (χ0v) is 17.1. The Morgan fingerprint density at radius 3 is 2.21 bits per heavy atom. The van der Waals surface area contributed by atoms with E-state index in [4.69, 9.17) is 14.2 Å². The maximum Gasteiger partial charge on any atom is 0.258 e. The molecule has 1 aliphatic rings. The highest BCUT2D eigenvalue weighted by Crippen LogP contribution is 2.35. The fourth-order valence-electron chi connectivity index (χ4n) is 3.68. The van der Waals surface area contributed by atoms with Crippen molar-refractivity contribution in [2.45, 2.75) is 13.5 Å². The number of hydrogen-bond donors (Lipinski definition) is 1. The summed E-state index contributed by atoms with van der Waals surface area (Å²) >= 11 is 0. The van der Waals surface area contributed by atoms with Crippen molar-refractivity contribution in [3.63, 3.8) is 0 Å². The van der Waals surface area contributed by atoms with E-state index in [0.717, 1.165) is 32.7 Å². The van der Waals surface area contributed by atoms with Crippen LogP contribution in [-0.4, -0.2) is 58.3 Å². The molecule has 3 rings (SSSR count). The van der Waals surface area contributed by atoms with Crippen LogP contribution in [0.3, 0.4) is 0 Å². The molecule has 0 spiro atoms. The van der Waals surface area contributed by atoms with Gasteiger partial charge in [-0.05, 0) is 6.92 Å². The highest BCUT2D eigenvalue weighted by molar-refractivity contribution is 5.98. The molecule has 6 nitrogen and oxygen atoms in total. The van der Waals surface area contributed by atoms with Gasteiger partial charge in [-0.1, -0.05) is 29.8 Å². The summed E-state index contributed by atoms with van der Waals surface area (Å²) in [4.78, 5) is 16.5. The Bertz CT molecular complexity index is 829. The minimum atomic E-state index is -0.0348. The van der Waals surface area contributed by atoms with Crippen LogP contribution in [0.25, 0.3) is 0 Å². The molecule has 0 atom stereocenters. The zero-order valence-electron chi connectivity index (χ0n) is 17.1. The van der Waals surface area contributed by atoms with E-state index < -0.39 is 0 Å². The normalized spacial score (nSPS) is 14.6. The third-order valence-electron chi connectivity index (χ3n) is 5.23. The quantitative estimate of drug-likeness (QED) is 0.820. The standard InChI is InChI=1S/C22H28N2O4/c1-16-6-5-7-17(12-16)15-23-8-10-24(11-9-23)22(25)18-13-20(27-3)21(28-4)14-19(18)26-2/h5-7,12-14H,8-11,15H2,1-4H3/p+1. The average molecular weight is 385 g/mol. The van der Waals surface area contributed by atoms with Crippen LogP contribution in [0.15, 0.2) is 36.4 Å². The topological polar surface area (TPSA) is 52.4 Å². The molecule has 0 unspecified atom stereocenters. The Morgan fingerprint density at radius 1 is 0.964 bits per heavy atom. The van der Waals surface area contributed by atoms with Crippen molar-refractivity contribution in [2.75, 3.05) is 47.5 Å². The molecule has 1 amide bonds. The predicted molar refractivity (Wildman–Crippen MR) is 108 cm³/mol. The lowest BCUT2D eigenvalue weighted by Crippen LogP contribution is -3.13. The predicted octanol–water partition coefficient (Wildman–Crippen LogP) is 1.56. The van der Waals surface area contributed by atoms with Gasteiger partial charge in [0.2, 0.25) is 0 Å². The maximum atomic E-state index is 13.1. The van der Waals surface area contributed by atoms with E-state index in [1.165, 1.54) is 16.0 Å². The molecule has 0 aliphatic carbocycles.